The molecule has 17 heavy (non-hydrogen) atoms. The maximum atomic E-state index is 12.0. The van der Waals surface area contributed by atoms with Gasteiger partial charge >= 0.3 is 0 Å². The van der Waals surface area contributed by atoms with Crippen molar-refractivity contribution in [1.29, 1.82) is 0 Å². The lowest BCUT2D eigenvalue weighted by Gasteiger charge is -2.28. The van der Waals surface area contributed by atoms with E-state index in [-0.39, 0.29) is 5.91 Å². The minimum atomic E-state index is 0.240. The van der Waals surface area contributed by atoms with E-state index in [0.717, 1.165) is 13.1 Å². The van der Waals surface area contributed by atoms with Crippen molar-refractivity contribution in [2.24, 2.45) is 0 Å². The Balaban J connectivity index is 1.44. The molecule has 3 rings (SSSR count). The topological polar surface area (TPSA) is 44.4 Å². The highest BCUT2D eigenvalue weighted by molar-refractivity contribution is 5.78. The number of rotatable bonds is 3. The smallest absolute Gasteiger partial charge is 0.234 e. The fraction of sp³-hybridized carbons (Fsp3) is 0.923. The highest BCUT2D eigenvalue weighted by Crippen LogP contribution is 2.22. The average molecular weight is 237 g/mol. The number of hydrogen-bond acceptors (Lipinski definition) is 3. The molecule has 2 heterocycles. The first kappa shape index (κ1) is 11.5. The molecule has 2 saturated heterocycles. The van der Waals surface area contributed by atoms with Crippen molar-refractivity contribution in [3.8, 4) is 0 Å². The first-order chi connectivity index (χ1) is 8.31. The number of carbonyl (C=O) groups is 1. The molecule has 1 aliphatic carbocycles. The van der Waals surface area contributed by atoms with Crippen molar-refractivity contribution in [2.75, 3.05) is 19.6 Å². The molecule has 96 valence electrons. The minimum absolute atomic E-state index is 0.240. The summed E-state index contributed by atoms with van der Waals surface area (Å²) in [6.07, 6.45) is 7.50. The van der Waals surface area contributed by atoms with Crippen LogP contribution < -0.4 is 10.6 Å². The average Bonchev–Trinajstić information content (AvgIpc) is 2.92. The van der Waals surface area contributed by atoms with Gasteiger partial charge in [-0.15, -0.1) is 0 Å². The predicted octanol–water partition coefficient (Wildman–Crippen LogP) is 0.481. The summed E-state index contributed by atoms with van der Waals surface area (Å²) in [7, 11) is 0. The third-order valence-corrected chi connectivity index (χ3v) is 4.49. The van der Waals surface area contributed by atoms with Gasteiger partial charge < -0.3 is 10.6 Å². The van der Waals surface area contributed by atoms with Crippen LogP contribution in [0.25, 0.3) is 0 Å². The lowest BCUT2D eigenvalue weighted by molar-refractivity contribution is -0.123. The number of hydrogen-bond donors (Lipinski definition) is 2. The van der Waals surface area contributed by atoms with Gasteiger partial charge in [0.25, 0.3) is 0 Å². The SMILES string of the molecule is O=C(CN1C[C@@H]2C[C@H]1CN2)NC1CCCCC1. The second-order valence-electron chi connectivity index (χ2n) is 5.83. The summed E-state index contributed by atoms with van der Waals surface area (Å²) >= 11 is 0. The van der Waals surface area contributed by atoms with Crippen LogP contribution in [0.15, 0.2) is 0 Å². The maximum absolute atomic E-state index is 12.0. The molecular formula is C13H23N3O. The molecule has 0 radical (unpaired) electrons. The van der Waals surface area contributed by atoms with Crippen LogP contribution in [0.1, 0.15) is 38.5 Å². The van der Waals surface area contributed by atoms with Crippen molar-refractivity contribution in [3.63, 3.8) is 0 Å². The molecule has 0 spiro atoms. The molecule has 2 aliphatic heterocycles. The minimum Gasteiger partial charge on any atom is -0.352 e. The van der Waals surface area contributed by atoms with Gasteiger partial charge in [0, 0.05) is 31.2 Å². The van der Waals surface area contributed by atoms with Gasteiger partial charge in [0.1, 0.15) is 0 Å². The van der Waals surface area contributed by atoms with E-state index < -0.39 is 0 Å². The molecule has 1 saturated carbocycles. The fourth-order valence-electron chi connectivity index (χ4n) is 3.55. The number of nitrogens with zero attached hydrogens (tertiary/aromatic N) is 1. The summed E-state index contributed by atoms with van der Waals surface area (Å²) in [6.45, 7) is 2.74. The summed E-state index contributed by atoms with van der Waals surface area (Å²) in [4.78, 5) is 14.3. The Morgan fingerprint density at radius 2 is 2.12 bits per heavy atom. The van der Waals surface area contributed by atoms with Crippen LogP contribution in [0, 0.1) is 0 Å². The Morgan fingerprint density at radius 1 is 1.29 bits per heavy atom. The third kappa shape index (κ3) is 2.63. The molecule has 3 fully saturated rings. The first-order valence-electron chi connectivity index (χ1n) is 7.08. The van der Waals surface area contributed by atoms with Gasteiger partial charge in [-0.05, 0) is 19.3 Å². The third-order valence-electron chi connectivity index (χ3n) is 4.49. The maximum Gasteiger partial charge on any atom is 0.234 e. The van der Waals surface area contributed by atoms with Crippen LogP contribution in [0.5, 0.6) is 0 Å². The van der Waals surface area contributed by atoms with Crippen LogP contribution in [0.4, 0.5) is 0 Å². The van der Waals surface area contributed by atoms with Crippen LogP contribution in [-0.4, -0.2) is 48.6 Å². The molecule has 0 unspecified atom stereocenters. The molecule has 0 aromatic carbocycles. The summed E-state index contributed by atoms with van der Waals surface area (Å²) in [5, 5.41) is 6.67. The highest BCUT2D eigenvalue weighted by atomic mass is 16.2. The number of carbonyl (C=O) groups excluding carboxylic acids is 1. The van der Waals surface area contributed by atoms with Gasteiger partial charge in [-0.1, -0.05) is 19.3 Å². The van der Waals surface area contributed by atoms with E-state index in [4.69, 9.17) is 0 Å². The normalized spacial score (nSPS) is 34.1. The van der Waals surface area contributed by atoms with E-state index >= 15 is 0 Å². The molecule has 2 N–H and O–H groups in total. The van der Waals surface area contributed by atoms with Crippen molar-refractivity contribution in [1.82, 2.24) is 15.5 Å². The first-order valence-corrected chi connectivity index (χ1v) is 7.08. The standard InChI is InChI=1S/C13H23N3O/c17-13(15-10-4-2-1-3-5-10)9-16-8-11-6-12(16)7-14-11/h10-12,14H,1-9H2,(H,15,17)/t11-,12-/m0/s1. The molecule has 2 atom stereocenters. The lowest BCUT2D eigenvalue weighted by atomic mass is 9.95. The largest absolute Gasteiger partial charge is 0.352 e. The predicted molar refractivity (Wildman–Crippen MR) is 66.8 cm³/mol. The van der Waals surface area contributed by atoms with Crippen molar-refractivity contribution in [2.45, 2.75) is 56.7 Å². The monoisotopic (exact) mass is 237 g/mol. The van der Waals surface area contributed by atoms with Gasteiger partial charge in [-0.2, -0.15) is 0 Å². The Kier molecular flexibility index (Phi) is 3.34. The second-order valence-corrected chi connectivity index (χ2v) is 5.83. The molecule has 4 heteroatoms. The van der Waals surface area contributed by atoms with E-state index in [1.165, 1.54) is 38.5 Å². The molecule has 0 aromatic rings. The molecule has 2 bridgehead atoms. The molecular weight excluding hydrogens is 214 g/mol. The van der Waals surface area contributed by atoms with Crippen LogP contribution >= 0.6 is 0 Å². The van der Waals surface area contributed by atoms with Crippen LogP contribution in [0.3, 0.4) is 0 Å². The van der Waals surface area contributed by atoms with E-state index in [1.807, 2.05) is 0 Å². The molecule has 4 nitrogen and oxygen atoms in total. The Hall–Kier alpha value is -0.610. The van der Waals surface area contributed by atoms with E-state index in [2.05, 4.69) is 15.5 Å². The number of fused-ring (bicyclic) bond motifs is 2. The zero-order valence-corrected chi connectivity index (χ0v) is 10.5. The number of amides is 1. The summed E-state index contributed by atoms with van der Waals surface area (Å²) in [5.41, 5.74) is 0. The molecule has 3 aliphatic rings. The zero-order chi connectivity index (χ0) is 11.7. The highest BCUT2D eigenvalue weighted by Gasteiger charge is 2.38. The Morgan fingerprint density at radius 3 is 2.76 bits per heavy atom. The quantitative estimate of drug-likeness (QED) is 0.750. The Bertz CT molecular complexity index is 288. The van der Waals surface area contributed by atoms with Crippen molar-refractivity contribution >= 4 is 5.91 Å². The van der Waals surface area contributed by atoms with E-state index in [1.54, 1.807) is 0 Å². The Labute approximate surface area is 103 Å². The van der Waals surface area contributed by atoms with Gasteiger partial charge in [-0.3, -0.25) is 9.69 Å². The fourth-order valence-corrected chi connectivity index (χ4v) is 3.55. The van der Waals surface area contributed by atoms with Gasteiger partial charge in [0.05, 0.1) is 6.54 Å². The van der Waals surface area contributed by atoms with Gasteiger partial charge in [-0.25, -0.2) is 0 Å². The number of nitrogens with one attached hydrogen (secondary N) is 2. The van der Waals surface area contributed by atoms with Crippen molar-refractivity contribution < 1.29 is 4.79 Å². The van der Waals surface area contributed by atoms with E-state index in [0.29, 0.717) is 24.7 Å². The zero-order valence-electron chi connectivity index (χ0n) is 10.5. The molecule has 0 aromatic heterocycles. The summed E-state index contributed by atoms with van der Waals surface area (Å²) < 4.78 is 0. The van der Waals surface area contributed by atoms with Crippen LogP contribution in [-0.2, 0) is 4.79 Å². The summed E-state index contributed by atoms with van der Waals surface area (Å²) in [5.74, 6) is 0.240. The van der Waals surface area contributed by atoms with Crippen LogP contribution in [0.2, 0.25) is 0 Å². The van der Waals surface area contributed by atoms with Gasteiger partial charge in [0.2, 0.25) is 5.91 Å². The van der Waals surface area contributed by atoms with Gasteiger partial charge in [0.15, 0.2) is 0 Å². The lowest BCUT2D eigenvalue weighted by Crippen LogP contribution is -2.49. The second kappa shape index (κ2) is 4.94. The number of likely N-dealkylation sites (tertiary alicyclic amines) is 1. The number of piperazine rings is 1. The summed E-state index contributed by atoms with van der Waals surface area (Å²) in [6, 6.07) is 1.70. The molecule has 1 amide bonds. The van der Waals surface area contributed by atoms with Crippen molar-refractivity contribution in [3.05, 3.63) is 0 Å². The van der Waals surface area contributed by atoms with E-state index in [9.17, 15) is 4.79 Å².